The van der Waals surface area contributed by atoms with Crippen LogP contribution in [0.25, 0.3) is 10.9 Å². The fourth-order valence-electron chi connectivity index (χ4n) is 3.07. The summed E-state index contributed by atoms with van der Waals surface area (Å²) in [4.78, 5) is 17.4. The Balaban J connectivity index is 1.49. The lowest BCUT2D eigenvalue weighted by Crippen LogP contribution is -2.26. The highest BCUT2D eigenvalue weighted by Crippen LogP contribution is 2.34. The van der Waals surface area contributed by atoms with Crippen LogP contribution in [0.5, 0.6) is 0 Å². The van der Waals surface area contributed by atoms with E-state index in [1.807, 2.05) is 18.2 Å². The van der Waals surface area contributed by atoms with E-state index in [0.29, 0.717) is 33.1 Å². The van der Waals surface area contributed by atoms with Crippen LogP contribution in [0.1, 0.15) is 17.2 Å². The maximum absolute atomic E-state index is 12.8. The Morgan fingerprint density at radius 1 is 1.19 bits per heavy atom. The van der Waals surface area contributed by atoms with E-state index in [9.17, 15) is 18.0 Å². The molecule has 0 aliphatic carbocycles. The van der Waals surface area contributed by atoms with Crippen LogP contribution in [-0.4, -0.2) is 21.1 Å². The number of fused-ring (bicyclic) bond motifs is 2. The lowest BCUT2D eigenvalue weighted by atomic mass is 10.1. The van der Waals surface area contributed by atoms with E-state index >= 15 is 0 Å². The summed E-state index contributed by atoms with van der Waals surface area (Å²) < 4.78 is 40.2. The lowest BCUT2D eigenvalue weighted by molar-refractivity contribution is -0.137. The quantitative estimate of drug-likeness (QED) is 0.570. The van der Waals surface area contributed by atoms with E-state index in [0.717, 1.165) is 11.8 Å². The zero-order valence-electron chi connectivity index (χ0n) is 14.1. The summed E-state index contributed by atoms with van der Waals surface area (Å²) in [6.45, 7) is 0. The summed E-state index contributed by atoms with van der Waals surface area (Å²) in [5, 5.41) is 1.31. The normalized spacial score (nSPS) is 16.6. The molecule has 1 aliphatic heterocycles. The first-order valence-corrected chi connectivity index (χ1v) is 10.5. The van der Waals surface area contributed by atoms with E-state index in [1.54, 1.807) is 28.5 Å². The van der Waals surface area contributed by atoms with Crippen molar-refractivity contribution in [3.05, 3.63) is 70.0 Å². The topological polar surface area (TPSA) is 34.9 Å². The molecule has 1 aromatic heterocycles. The molecule has 0 saturated heterocycles. The second kappa shape index (κ2) is 7.24. The van der Waals surface area contributed by atoms with Gasteiger partial charge >= 0.3 is 6.18 Å². The van der Waals surface area contributed by atoms with Crippen LogP contribution in [-0.2, 0) is 11.9 Å². The Kier molecular flexibility index (Phi) is 4.94. The molecule has 0 radical (unpaired) electrons. The van der Waals surface area contributed by atoms with Crippen molar-refractivity contribution < 1.29 is 13.2 Å². The first-order chi connectivity index (χ1) is 12.9. The van der Waals surface area contributed by atoms with E-state index in [-0.39, 0.29) is 11.6 Å². The molecule has 0 saturated carbocycles. The number of hydrogen-bond donors (Lipinski definition) is 0. The van der Waals surface area contributed by atoms with Crippen molar-refractivity contribution in [1.82, 2.24) is 9.55 Å². The Labute approximate surface area is 162 Å². The third-order valence-electron chi connectivity index (χ3n) is 4.38. The molecular formula is C19H15F3N2OS2. The molecule has 0 fully saturated rings. The Bertz CT molecular complexity index is 1050. The molecule has 3 nitrogen and oxygen atoms in total. The van der Waals surface area contributed by atoms with Crippen molar-refractivity contribution in [2.24, 2.45) is 0 Å². The molecule has 27 heavy (non-hydrogen) atoms. The van der Waals surface area contributed by atoms with Gasteiger partial charge in [0.05, 0.1) is 22.5 Å². The highest BCUT2D eigenvalue weighted by atomic mass is 32.2. The number of halogens is 3. The van der Waals surface area contributed by atoms with Gasteiger partial charge in [0.1, 0.15) is 0 Å². The summed E-state index contributed by atoms with van der Waals surface area (Å²) in [6, 6.07) is 12.7. The highest BCUT2D eigenvalue weighted by molar-refractivity contribution is 8.00. The predicted molar refractivity (Wildman–Crippen MR) is 103 cm³/mol. The van der Waals surface area contributed by atoms with Gasteiger partial charge in [0.2, 0.25) is 0 Å². The van der Waals surface area contributed by atoms with E-state index in [2.05, 4.69) is 4.98 Å². The molecule has 8 heteroatoms. The van der Waals surface area contributed by atoms with Gasteiger partial charge in [-0.3, -0.25) is 9.36 Å². The van der Waals surface area contributed by atoms with Gasteiger partial charge in [-0.15, -0.1) is 0 Å². The number of para-hydroxylation sites is 1. The van der Waals surface area contributed by atoms with Crippen molar-refractivity contribution in [2.45, 2.75) is 23.1 Å². The molecule has 2 heterocycles. The van der Waals surface area contributed by atoms with Crippen molar-refractivity contribution in [2.75, 3.05) is 11.5 Å². The van der Waals surface area contributed by atoms with Gasteiger partial charge in [0.25, 0.3) is 5.56 Å². The number of thioether (sulfide) groups is 2. The third-order valence-corrected chi connectivity index (χ3v) is 6.63. The Morgan fingerprint density at radius 3 is 2.81 bits per heavy atom. The maximum atomic E-state index is 12.8. The molecular weight excluding hydrogens is 393 g/mol. The molecule has 140 valence electrons. The van der Waals surface area contributed by atoms with E-state index < -0.39 is 11.7 Å². The number of benzene rings is 2. The first kappa shape index (κ1) is 18.4. The summed E-state index contributed by atoms with van der Waals surface area (Å²) in [5.41, 5.74) is 0.641. The van der Waals surface area contributed by atoms with Gasteiger partial charge in [-0.2, -0.15) is 24.9 Å². The third kappa shape index (κ3) is 3.73. The number of alkyl halides is 3. The average molecular weight is 408 g/mol. The summed E-state index contributed by atoms with van der Waals surface area (Å²) >= 11 is 3.08. The predicted octanol–water partition coefficient (Wildman–Crippen LogP) is 5.00. The number of hydrogen-bond acceptors (Lipinski definition) is 4. The zero-order valence-corrected chi connectivity index (χ0v) is 15.7. The van der Waals surface area contributed by atoms with Crippen molar-refractivity contribution >= 4 is 34.4 Å². The minimum absolute atomic E-state index is 0.00888. The summed E-state index contributed by atoms with van der Waals surface area (Å²) in [6.07, 6.45) is -4.33. The number of nitrogens with zero attached hydrogens (tertiary/aromatic N) is 2. The molecule has 0 amide bonds. The molecule has 4 rings (SSSR count). The molecule has 2 aromatic carbocycles. The van der Waals surface area contributed by atoms with E-state index in [4.69, 9.17) is 0 Å². The van der Waals surface area contributed by atoms with Gasteiger partial charge in [-0.05, 0) is 23.8 Å². The average Bonchev–Trinajstić information content (AvgIpc) is 3.05. The molecule has 1 aliphatic rings. The lowest BCUT2D eigenvalue weighted by Gasteiger charge is -2.14. The molecule has 0 spiro atoms. The Hall–Kier alpha value is -1.93. The van der Waals surface area contributed by atoms with Crippen molar-refractivity contribution in [3.8, 4) is 0 Å². The fourth-order valence-corrected chi connectivity index (χ4v) is 5.43. The van der Waals surface area contributed by atoms with Crippen LogP contribution in [0.15, 0.2) is 58.5 Å². The minimum atomic E-state index is -4.33. The van der Waals surface area contributed by atoms with Crippen LogP contribution in [0.4, 0.5) is 13.2 Å². The first-order valence-electron chi connectivity index (χ1n) is 8.31. The number of aromatic nitrogens is 2. The maximum Gasteiger partial charge on any atom is 0.416 e. The highest BCUT2D eigenvalue weighted by Gasteiger charge is 2.30. The summed E-state index contributed by atoms with van der Waals surface area (Å²) in [7, 11) is 0. The largest absolute Gasteiger partial charge is 0.416 e. The van der Waals surface area contributed by atoms with Crippen molar-refractivity contribution in [1.29, 1.82) is 0 Å². The van der Waals surface area contributed by atoms with Gasteiger partial charge < -0.3 is 0 Å². The molecule has 0 bridgehead atoms. The van der Waals surface area contributed by atoms with Gasteiger partial charge in [0.15, 0.2) is 5.16 Å². The molecule has 1 atom stereocenters. The van der Waals surface area contributed by atoms with E-state index in [1.165, 1.54) is 23.9 Å². The van der Waals surface area contributed by atoms with Crippen LogP contribution in [0, 0.1) is 0 Å². The van der Waals surface area contributed by atoms with Gasteiger partial charge in [-0.1, -0.05) is 42.1 Å². The fraction of sp³-hybridized carbons (Fsp3) is 0.263. The van der Waals surface area contributed by atoms with Crippen molar-refractivity contribution in [3.63, 3.8) is 0 Å². The monoisotopic (exact) mass is 408 g/mol. The van der Waals surface area contributed by atoms with Crippen LogP contribution in [0.3, 0.4) is 0 Å². The Morgan fingerprint density at radius 2 is 2.00 bits per heavy atom. The van der Waals surface area contributed by atoms with Gasteiger partial charge in [0, 0.05) is 17.3 Å². The number of rotatable bonds is 4. The van der Waals surface area contributed by atoms with Gasteiger partial charge in [-0.25, -0.2) is 4.98 Å². The SMILES string of the molecule is O=c1c2ccccc2nc2n1[C@@H](CSCc1cccc(C(F)(F)F)c1)CS2. The zero-order chi connectivity index (χ0) is 19.0. The molecule has 0 unspecified atom stereocenters. The van der Waals surface area contributed by atoms with Crippen LogP contribution in [0.2, 0.25) is 0 Å². The summed E-state index contributed by atoms with van der Waals surface area (Å²) in [5.74, 6) is 1.86. The second-order valence-corrected chi connectivity index (χ2v) is 8.28. The molecule has 3 aromatic rings. The standard InChI is InChI=1S/C19H15F3N2OS2/c20-19(21,22)13-5-3-4-12(8-13)9-26-10-14-11-27-18-23-16-7-2-1-6-15(16)17(25)24(14)18/h1-8,14H,9-11H2/t14-/m0/s1. The molecule has 0 N–H and O–H groups in total. The van der Waals surface area contributed by atoms with Crippen LogP contribution >= 0.6 is 23.5 Å². The van der Waals surface area contributed by atoms with Crippen LogP contribution < -0.4 is 5.56 Å². The second-order valence-electron chi connectivity index (χ2n) is 6.26. The smallest absolute Gasteiger partial charge is 0.282 e. The minimum Gasteiger partial charge on any atom is -0.282 e.